The molecule has 2 aromatic carbocycles. The predicted octanol–water partition coefficient (Wildman–Crippen LogP) is 3.58. The largest absolute Gasteiger partial charge is 0.497 e. The summed E-state index contributed by atoms with van der Waals surface area (Å²) in [5, 5.41) is 3.09. The molecule has 0 unspecified atom stereocenters. The summed E-state index contributed by atoms with van der Waals surface area (Å²) in [5.74, 6) is 1.55. The number of aryl methyl sites for hydroxylation is 1. The highest BCUT2D eigenvalue weighted by Crippen LogP contribution is 2.18. The van der Waals surface area contributed by atoms with E-state index in [-0.39, 0.29) is 17.9 Å². The van der Waals surface area contributed by atoms with Crippen LogP contribution in [0.15, 0.2) is 48.5 Å². The van der Waals surface area contributed by atoms with Gasteiger partial charge in [0.15, 0.2) is 0 Å². The van der Waals surface area contributed by atoms with Crippen LogP contribution in [0.1, 0.15) is 41.6 Å². The molecule has 0 spiro atoms. The molecular weight excluding hydrogens is 380 g/mol. The van der Waals surface area contributed by atoms with E-state index in [0.29, 0.717) is 43.9 Å². The zero-order valence-corrected chi connectivity index (χ0v) is 17.7. The maximum atomic E-state index is 12.7. The molecule has 0 saturated carbocycles. The lowest BCUT2D eigenvalue weighted by Crippen LogP contribution is -2.46. The Morgan fingerprint density at radius 2 is 1.80 bits per heavy atom. The van der Waals surface area contributed by atoms with Gasteiger partial charge in [0.25, 0.3) is 5.91 Å². The van der Waals surface area contributed by atoms with E-state index in [0.717, 1.165) is 18.6 Å². The first-order valence-corrected chi connectivity index (χ1v) is 10.5. The molecule has 3 rings (SSSR count). The lowest BCUT2D eigenvalue weighted by Gasteiger charge is -2.32. The van der Waals surface area contributed by atoms with E-state index in [9.17, 15) is 9.59 Å². The second kappa shape index (κ2) is 10.7. The van der Waals surface area contributed by atoms with Crippen LogP contribution >= 0.6 is 0 Å². The smallest absolute Gasteiger partial charge is 0.253 e. The fraction of sp³-hybridized carbons (Fsp3) is 0.417. The van der Waals surface area contributed by atoms with Gasteiger partial charge >= 0.3 is 0 Å². The van der Waals surface area contributed by atoms with Gasteiger partial charge in [0, 0.05) is 31.1 Å². The molecule has 1 saturated heterocycles. The standard InChI is InChI=1S/C24H30N2O4/c1-18-8-10-21(11-9-18)30-16-4-7-23(27)25-20-12-14-26(15-13-20)24(28)19-5-3-6-22(17-19)29-2/h3,5-6,8-11,17,20H,4,7,12-16H2,1-2H3,(H,25,27). The van der Waals surface area contributed by atoms with Crippen LogP contribution in [0.2, 0.25) is 0 Å². The van der Waals surface area contributed by atoms with Crippen molar-refractivity contribution in [3.8, 4) is 11.5 Å². The number of amides is 2. The minimum absolute atomic E-state index is 0.00642. The Labute approximate surface area is 178 Å². The highest BCUT2D eigenvalue weighted by Gasteiger charge is 2.24. The fourth-order valence-electron chi connectivity index (χ4n) is 3.52. The third-order valence-corrected chi connectivity index (χ3v) is 5.30. The summed E-state index contributed by atoms with van der Waals surface area (Å²) in [6.07, 6.45) is 2.64. The van der Waals surface area contributed by atoms with Crippen molar-refractivity contribution in [1.82, 2.24) is 10.2 Å². The summed E-state index contributed by atoms with van der Waals surface area (Å²) >= 11 is 0. The van der Waals surface area contributed by atoms with Gasteiger partial charge in [-0.15, -0.1) is 0 Å². The summed E-state index contributed by atoms with van der Waals surface area (Å²) in [6.45, 7) is 3.83. The molecule has 1 aliphatic heterocycles. The summed E-state index contributed by atoms with van der Waals surface area (Å²) < 4.78 is 10.9. The van der Waals surface area contributed by atoms with Crippen molar-refractivity contribution in [1.29, 1.82) is 0 Å². The number of carbonyl (C=O) groups is 2. The van der Waals surface area contributed by atoms with E-state index < -0.39 is 0 Å². The number of hydrogen-bond acceptors (Lipinski definition) is 4. The number of nitrogens with one attached hydrogen (secondary N) is 1. The first-order chi connectivity index (χ1) is 14.5. The van der Waals surface area contributed by atoms with Crippen molar-refractivity contribution in [3.63, 3.8) is 0 Å². The third-order valence-electron chi connectivity index (χ3n) is 5.30. The highest BCUT2D eigenvalue weighted by atomic mass is 16.5. The van der Waals surface area contributed by atoms with Gasteiger partial charge in [0.2, 0.25) is 5.91 Å². The third kappa shape index (κ3) is 6.24. The van der Waals surface area contributed by atoms with Crippen LogP contribution in [0, 0.1) is 6.92 Å². The van der Waals surface area contributed by atoms with Crippen molar-refractivity contribution in [2.24, 2.45) is 0 Å². The molecule has 0 atom stereocenters. The Balaban J connectivity index is 1.35. The van der Waals surface area contributed by atoms with Crippen LogP contribution in [-0.4, -0.2) is 49.6 Å². The quantitative estimate of drug-likeness (QED) is 0.676. The van der Waals surface area contributed by atoms with Gasteiger partial charge in [-0.1, -0.05) is 23.8 Å². The number of carbonyl (C=O) groups excluding carboxylic acids is 2. The maximum Gasteiger partial charge on any atom is 0.253 e. The van der Waals surface area contributed by atoms with Gasteiger partial charge < -0.3 is 19.7 Å². The van der Waals surface area contributed by atoms with Crippen molar-refractivity contribution in [3.05, 3.63) is 59.7 Å². The molecule has 2 aromatic rings. The fourth-order valence-corrected chi connectivity index (χ4v) is 3.52. The number of piperidine rings is 1. The SMILES string of the molecule is COc1cccc(C(=O)N2CCC(NC(=O)CCCOc3ccc(C)cc3)CC2)c1. The van der Waals surface area contributed by atoms with E-state index in [1.807, 2.05) is 48.2 Å². The lowest BCUT2D eigenvalue weighted by molar-refractivity contribution is -0.122. The predicted molar refractivity (Wildman–Crippen MR) is 116 cm³/mol. The second-order valence-electron chi connectivity index (χ2n) is 7.63. The molecule has 2 amide bonds. The Morgan fingerprint density at radius 1 is 1.07 bits per heavy atom. The number of likely N-dealkylation sites (tertiary alicyclic amines) is 1. The van der Waals surface area contributed by atoms with Crippen LogP contribution in [0.3, 0.4) is 0 Å². The molecule has 160 valence electrons. The minimum Gasteiger partial charge on any atom is -0.497 e. The van der Waals surface area contributed by atoms with Crippen LogP contribution < -0.4 is 14.8 Å². The molecular formula is C24H30N2O4. The summed E-state index contributed by atoms with van der Waals surface area (Å²) in [7, 11) is 1.59. The van der Waals surface area contributed by atoms with Gasteiger partial charge in [-0.2, -0.15) is 0 Å². The summed E-state index contributed by atoms with van der Waals surface area (Å²) in [5.41, 5.74) is 1.82. The Hall–Kier alpha value is -3.02. The number of rotatable bonds is 8. The summed E-state index contributed by atoms with van der Waals surface area (Å²) in [6, 6.07) is 15.2. The zero-order chi connectivity index (χ0) is 21.3. The Morgan fingerprint density at radius 3 is 2.50 bits per heavy atom. The molecule has 1 aliphatic rings. The van der Waals surface area contributed by atoms with Crippen molar-refractivity contribution in [2.45, 2.75) is 38.6 Å². The average Bonchev–Trinajstić information content (AvgIpc) is 2.78. The van der Waals surface area contributed by atoms with E-state index in [4.69, 9.17) is 9.47 Å². The molecule has 0 bridgehead atoms. The highest BCUT2D eigenvalue weighted by molar-refractivity contribution is 5.94. The molecule has 1 N–H and O–H groups in total. The first-order valence-electron chi connectivity index (χ1n) is 10.5. The number of benzene rings is 2. The number of methoxy groups -OCH3 is 1. The molecule has 1 heterocycles. The topological polar surface area (TPSA) is 67.9 Å². The lowest BCUT2D eigenvalue weighted by atomic mass is 10.0. The van der Waals surface area contributed by atoms with Gasteiger partial charge in [-0.3, -0.25) is 9.59 Å². The average molecular weight is 411 g/mol. The van der Waals surface area contributed by atoms with E-state index in [1.54, 1.807) is 19.2 Å². The molecule has 0 radical (unpaired) electrons. The van der Waals surface area contributed by atoms with E-state index >= 15 is 0 Å². The Bertz CT molecular complexity index is 843. The molecule has 1 fully saturated rings. The summed E-state index contributed by atoms with van der Waals surface area (Å²) in [4.78, 5) is 26.7. The molecule has 6 nitrogen and oxygen atoms in total. The number of nitrogens with zero attached hydrogens (tertiary/aromatic N) is 1. The Kier molecular flexibility index (Phi) is 7.71. The molecule has 0 aliphatic carbocycles. The van der Waals surface area contributed by atoms with Crippen molar-refractivity contribution in [2.75, 3.05) is 26.8 Å². The maximum absolute atomic E-state index is 12.7. The van der Waals surface area contributed by atoms with Gasteiger partial charge in [0.1, 0.15) is 11.5 Å². The zero-order valence-electron chi connectivity index (χ0n) is 17.7. The van der Waals surface area contributed by atoms with Crippen LogP contribution in [0.25, 0.3) is 0 Å². The number of ether oxygens (including phenoxy) is 2. The molecule has 0 aromatic heterocycles. The van der Waals surface area contributed by atoms with E-state index in [1.165, 1.54) is 5.56 Å². The van der Waals surface area contributed by atoms with Crippen LogP contribution in [0.4, 0.5) is 0 Å². The van der Waals surface area contributed by atoms with Gasteiger partial charge in [0.05, 0.1) is 13.7 Å². The van der Waals surface area contributed by atoms with Gasteiger partial charge in [-0.25, -0.2) is 0 Å². The normalized spacial score (nSPS) is 14.3. The van der Waals surface area contributed by atoms with Crippen LogP contribution in [-0.2, 0) is 4.79 Å². The van der Waals surface area contributed by atoms with E-state index in [2.05, 4.69) is 5.32 Å². The monoisotopic (exact) mass is 410 g/mol. The second-order valence-corrected chi connectivity index (χ2v) is 7.63. The minimum atomic E-state index is 0.00642. The van der Waals surface area contributed by atoms with Crippen molar-refractivity contribution < 1.29 is 19.1 Å². The molecule has 6 heteroatoms. The van der Waals surface area contributed by atoms with Gasteiger partial charge in [-0.05, 0) is 56.5 Å². The first kappa shape index (κ1) is 21.7. The van der Waals surface area contributed by atoms with Crippen molar-refractivity contribution >= 4 is 11.8 Å². The molecule has 30 heavy (non-hydrogen) atoms. The van der Waals surface area contributed by atoms with Crippen LogP contribution in [0.5, 0.6) is 11.5 Å². The number of hydrogen-bond donors (Lipinski definition) is 1.